The Hall–Kier alpha value is -0.430. The maximum atomic E-state index is 10.8. The average molecular weight is 976 g/mol. The van der Waals surface area contributed by atoms with E-state index in [2.05, 4.69) is 60.2 Å². The van der Waals surface area contributed by atoms with E-state index >= 15 is 0 Å². The zero-order valence-corrected chi connectivity index (χ0v) is 41.1. The molecule has 2 aliphatic rings. The van der Waals surface area contributed by atoms with Crippen molar-refractivity contribution in [1.82, 2.24) is 19.1 Å². The van der Waals surface area contributed by atoms with E-state index in [-0.39, 0.29) is 11.8 Å². The van der Waals surface area contributed by atoms with Gasteiger partial charge in [0.05, 0.1) is 24.0 Å². The Balaban J connectivity index is 0.000000200. The lowest BCUT2D eigenvalue weighted by atomic mass is 9.78. The van der Waals surface area contributed by atoms with Gasteiger partial charge in [0.15, 0.2) is 0 Å². The first-order valence-electron chi connectivity index (χ1n) is 16.2. The van der Waals surface area contributed by atoms with Crippen molar-refractivity contribution in [2.24, 2.45) is 14.1 Å². The van der Waals surface area contributed by atoms with Crippen LogP contribution in [0.4, 0.5) is 0 Å². The number of aromatic nitrogens is 4. The fourth-order valence-corrected chi connectivity index (χ4v) is 33.3. The number of benzene rings is 2. The summed E-state index contributed by atoms with van der Waals surface area (Å²) in [5.74, 6) is 0.335. The van der Waals surface area contributed by atoms with Gasteiger partial charge in [0.1, 0.15) is 12.4 Å². The number of hydrogen-bond acceptors (Lipinski definition) is 6. The van der Waals surface area contributed by atoms with Crippen molar-refractivity contribution in [3.05, 3.63) is 106 Å². The molecule has 2 aliphatic carbocycles. The first-order valence-corrected chi connectivity index (χ1v) is 33.5. The summed E-state index contributed by atoms with van der Waals surface area (Å²) in [7, 11) is 23.8. The molecule has 0 saturated heterocycles. The highest BCUT2D eigenvalue weighted by atomic mass is 33.5. The predicted octanol–water partition coefficient (Wildman–Crippen LogP) is 6.19. The van der Waals surface area contributed by atoms with E-state index in [9.17, 15) is 9.90 Å². The van der Waals surface area contributed by atoms with Crippen molar-refractivity contribution in [3.8, 4) is 0 Å². The van der Waals surface area contributed by atoms with Gasteiger partial charge in [0.2, 0.25) is 0 Å². The standard InChI is InChI=1S/C16H20N2O.C12H14O.C5H8N2.S14/c1-11-6-7-12-4-3-5-13(14(12)8-11)16(19)15-9-18(2)10-17-15;1-9-5-6-10-3-2-4-11(8-13)12(10)7-9;1-5-3-7(2)4-6-5;1-3-5-7-9-11-13-14-12-10-8-6-4-2/h6-10,13,16,19H,3-5H2,1-2H3;5-8,11H,2-4H2,1H3;3-4H,1-2H3;. The van der Waals surface area contributed by atoms with Crippen molar-refractivity contribution in [2.45, 2.75) is 77.2 Å². The molecule has 4 aromatic rings. The van der Waals surface area contributed by atoms with Crippen LogP contribution in [0.2, 0.25) is 0 Å². The van der Waals surface area contributed by atoms with Crippen molar-refractivity contribution in [1.29, 1.82) is 0 Å². The van der Waals surface area contributed by atoms with E-state index in [4.69, 9.17) is 22.4 Å². The number of carbonyl (C=O) groups excluding carboxylic acids is 1. The largest absolute Gasteiger partial charge is 0.386 e. The smallest absolute Gasteiger partial charge is 0.127 e. The summed E-state index contributed by atoms with van der Waals surface area (Å²) in [5.41, 5.74) is 9.70. The van der Waals surface area contributed by atoms with Gasteiger partial charge >= 0.3 is 0 Å². The summed E-state index contributed by atoms with van der Waals surface area (Å²) in [6.45, 7) is 6.16. The fraction of sp³-hybridized carbons (Fsp3) is 0.424. The second kappa shape index (κ2) is 27.2. The molecule has 0 amide bonds. The molecule has 6 rings (SSSR count). The number of nitrogens with zero attached hydrogens (tertiary/aromatic N) is 4. The number of rotatable bonds is 3. The minimum absolute atomic E-state index is 0.156. The molecular formula is C33H42N4O2S14. The molecule has 6 nitrogen and oxygen atoms in total. The van der Waals surface area contributed by atoms with Crippen LogP contribution < -0.4 is 0 Å². The highest BCUT2D eigenvalue weighted by Crippen LogP contribution is 2.40. The third-order valence-electron chi connectivity index (χ3n) is 8.04. The number of aryl methyl sites for hydroxylation is 7. The van der Waals surface area contributed by atoms with Gasteiger partial charge in [-0.25, -0.2) is 9.97 Å². The van der Waals surface area contributed by atoms with Crippen molar-refractivity contribution < 1.29 is 9.90 Å². The Bertz CT molecular complexity index is 2300. The van der Waals surface area contributed by atoms with E-state index in [0.29, 0.717) is 0 Å². The molecule has 3 atom stereocenters. The zero-order chi connectivity index (χ0) is 38.4. The summed E-state index contributed by atoms with van der Waals surface area (Å²) in [5, 5.41) is 10.6. The summed E-state index contributed by atoms with van der Waals surface area (Å²) in [6, 6.07) is 13.1. The van der Waals surface area contributed by atoms with Gasteiger partial charge in [-0.1, -0.05) is 47.5 Å². The Morgan fingerprint density at radius 1 is 0.717 bits per heavy atom. The Labute approximate surface area is 357 Å². The topological polar surface area (TPSA) is 72.9 Å². The number of aldehydes is 1. The minimum Gasteiger partial charge on any atom is -0.386 e. The molecule has 290 valence electrons. The maximum absolute atomic E-state index is 10.8. The summed E-state index contributed by atoms with van der Waals surface area (Å²) in [6.07, 6.45) is 14.6. The molecule has 3 unspecified atom stereocenters. The maximum Gasteiger partial charge on any atom is 0.127 e. The third kappa shape index (κ3) is 17.7. The van der Waals surface area contributed by atoms with Crippen LogP contribution in [0.25, 0.3) is 0 Å². The lowest BCUT2D eigenvalue weighted by Gasteiger charge is -2.29. The molecule has 20 heteroatoms. The predicted molar refractivity (Wildman–Crippen MR) is 259 cm³/mol. The van der Waals surface area contributed by atoms with Gasteiger partial charge in [-0.2, -0.15) is 0 Å². The first-order chi connectivity index (χ1) is 25.7. The number of carbonyl (C=O) groups is 1. The highest BCUT2D eigenvalue weighted by molar-refractivity contribution is 8.76. The summed E-state index contributed by atoms with van der Waals surface area (Å²) < 4.78 is 3.81. The van der Waals surface area contributed by atoms with Crippen molar-refractivity contribution >= 4 is 135 Å². The van der Waals surface area contributed by atoms with Crippen molar-refractivity contribution in [2.75, 3.05) is 0 Å². The lowest BCUT2D eigenvalue weighted by Crippen LogP contribution is -2.17. The normalized spacial score (nSPS) is 15.4. The van der Waals surface area contributed by atoms with Crippen LogP contribution in [0.1, 0.15) is 88.4 Å². The number of fused-ring (bicyclic) bond motifs is 2. The van der Waals surface area contributed by atoms with E-state index in [1.165, 1.54) is 51.1 Å². The van der Waals surface area contributed by atoms with Crippen LogP contribution in [0.3, 0.4) is 0 Å². The van der Waals surface area contributed by atoms with Gasteiger partial charge in [-0.05, 0) is 81.5 Å². The van der Waals surface area contributed by atoms with E-state index in [1.807, 2.05) is 42.5 Å². The fourth-order valence-electron chi connectivity index (χ4n) is 5.83. The molecule has 2 aromatic carbocycles. The van der Waals surface area contributed by atoms with Crippen LogP contribution in [0, 0.1) is 20.8 Å². The van der Waals surface area contributed by atoms with Crippen LogP contribution >= 0.6 is 0 Å². The Kier molecular flexibility index (Phi) is 24.1. The van der Waals surface area contributed by atoms with Crippen LogP contribution in [0.15, 0.2) is 61.4 Å². The second-order valence-electron chi connectivity index (χ2n) is 11.9. The molecular weight excluding hydrogens is 933 g/mol. The number of aliphatic hydroxyl groups excluding tert-OH is 1. The first kappa shape index (κ1) is 46.9. The highest BCUT2D eigenvalue weighted by Gasteiger charge is 2.29. The number of hydrogen-bond donors (Lipinski definition) is 1. The van der Waals surface area contributed by atoms with Gasteiger partial charge < -0.3 is 19.0 Å². The van der Waals surface area contributed by atoms with Crippen LogP contribution in [0.5, 0.6) is 0 Å². The molecule has 2 aromatic heterocycles. The average Bonchev–Trinajstić information content (AvgIpc) is 3.78. The lowest BCUT2D eigenvalue weighted by molar-refractivity contribution is -0.109. The van der Waals surface area contributed by atoms with Gasteiger partial charge in [0, 0.05) is 167 Å². The minimum atomic E-state index is -0.498. The Morgan fingerprint density at radius 3 is 1.66 bits per heavy atom. The molecule has 0 fully saturated rings. The summed E-state index contributed by atoms with van der Waals surface area (Å²) >= 11 is 9.43. The number of aliphatic hydroxyl groups is 1. The number of imidazole rings is 2. The van der Waals surface area contributed by atoms with Gasteiger partial charge in [-0.3, -0.25) is 0 Å². The van der Waals surface area contributed by atoms with E-state index < -0.39 is 6.10 Å². The van der Waals surface area contributed by atoms with E-state index in [1.54, 1.807) is 101 Å². The molecule has 0 radical (unpaired) electrons. The molecule has 2 heterocycles. The molecule has 1 N–H and O–H groups in total. The molecule has 0 spiro atoms. The molecule has 53 heavy (non-hydrogen) atoms. The summed E-state index contributed by atoms with van der Waals surface area (Å²) in [4.78, 5) is 19.1. The SMILES string of the molecule is Cc1ccc2c(c1)C(C(O)c1cn(C)cn1)CCC2.Cc1ccc2c(c1)C(C=O)CCC2.Cc1cn(C)cn1.S=S=S=S=S=S=S=S=S=S=S=S=S=S. The quantitative estimate of drug-likeness (QED) is 0.247. The Morgan fingerprint density at radius 2 is 1.21 bits per heavy atom. The van der Waals surface area contributed by atoms with Crippen LogP contribution in [-0.2, 0) is 161 Å². The molecule has 0 aliphatic heterocycles. The molecule has 0 saturated carbocycles. The third-order valence-corrected chi connectivity index (χ3v) is 32.5. The van der Waals surface area contributed by atoms with Gasteiger partial charge in [0.25, 0.3) is 0 Å². The van der Waals surface area contributed by atoms with Crippen molar-refractivity contribution in [3.63, 3.8) is 0 Å². The van der Waals surface area contributed by atoms with E-state index in [0.717, 1.165) is 56.2 Å². The second-order valence-corrected chi connectivity index (χ2v) is 33.2. The molecule has 0 bridgehead atoms. The van der Waals surface area contributed by atoms with Crippen LogP contribution in [-0.4, -0.2) is 30.5 Å². The zero-order valence-electron chi connectivity index (χ0n) is 29.7. The monoisotopic (exact) mass is 974 g/mol. The van der Waals surface area contributed by atoms with Gasteiger partial charge in [-0.15, -0.1) is 0 Å².